The lowest BCUT2D eigenvalue weighted by Gasteiger charge is -2.10. The second kappa shape index (κ2) is 8.02. The predicted molar refractivity (Wildman–Crippen MR) is 48.8 cm³/mol. The Kier molecular flexibility index (Phi) is 7.96. The lowest BCUT2D eigenvalue weighted by molar-refractivity contribution is 0.113. The molecule has 0 bridgehead atoms. The fourth-order valence-corrected chi connectivity index (χ4v) is 0.928. The third-order valence-electron chi connectivity index (χ3n) is 1.67. The molecule has 0 amide bonds. The number of rotatable bonds is 7. The first-order valence-electron chi connectivity index (χ1n) is 4.59. The molecular formula is C9H21NO. The van der Waals surface area contributed by atoms with Crippen molar-refractivity contribution in [3.8, 4) is 0 Å². The molecule has 2 nitrogen and oxygen atoms in total. The summed E-state index contributed by atoms with van der Waals surface area (Å²) in [7, 11) is 0. The van der Waals surface area contributed by atoms with Crippen LogP contribution in [-0.4, -0.2) is 26.3 Å². The Labute approximate surface area is 70.3 Å². The second-order valence-corrected chi connectivity index (χ2v) is 2.91. The normalized spacial score (nSPS) is 13.4. The molecule has 0 radical (unpaired) electrons. The van der Waals surface area contributed by atoms with E-state index in [1.165, 1.54) is 6.42 Å². The molecule has 0 aliphatic heterocycles. The van der Waals surface area contributed by atoms with E-state index in [4.69, 9.17) is 4.74 Å². The van der Waals surface area contributed by atoms with Gasteiger partial charge in [-0.25, -0.2) is 0 Å². The van der Waals surface area contributed by atoms with Crippen LogP contribution in [0.5, 0.6) is 0 Å². The largest absolute Gasteiger partial charge is 0.381 e. The predicted octanol–water partition coefficient (Wildman–Crippen LogP) is 1.66. The molecule has 1 N–H and O–H groups in total. The van der Waals surface area contributed by atoms with E-state index in [-0.39, 0.29) is 0 Å². The van der Waals surface area contributed by atoms with Crippen LogP contribution in [0.2, 0.25) is 0 Å². The fourth-order valence-electron chi connectivity index (χ4n) is 0.928. The van der Waals surface area contributed by atoms with Crippen molar-refractivity contribution < 1.29 is 4.74 Å². The zero-order valence-corrected chi connectivity index (χ0v) is 8.02. The van der Waals surface area contributed by atoms with Crippen LogP contribution in [0.15, 0.2) is 0 Å². The molecular weight excluding hydrogens is 138 g/mol. The first-order chi connectivity index (χ1) is 5.31. The van der Waals surface area contributed by atoms with Crippen molar-refractivity contribution in [1.82, 2.24) is 5.32 Å². The van der Waals surface area contributed by atoms with Crippen molar-refractivity contribution in [2.45, 2.75) is 27.2 Å². The minimum Gasteiger partial charge on any atom is -0.381 e. The van der Waals surface area contributed by atoms with E-state index in [1.807, 2.05) is 6.92 Å². The Morgan fingerprint density at radius 2 is 2.09 bits per heavy atom. The van der Waals surface area contributed by atoms with Gasteiger partial charge in [0.1, 0.15) is 0 Å². The Morgan fingerprint density at radius 1 is 1.36 bits per heavy atom. The third-order valence-corrected chi connectivity index (χ3v) is 1.67. The highest BCUT2D eigenvalue weighted by atomic mass is 16.5. The quantitative estimate of drug-likeness (QED) is 0.570. The summed E-state index contributed by atoms with van der Waals surface area (Å²) < 4.78 is 5.30. The van der Waals surface area contributed by atoms with Gasteiger partial charge in [0.15, 0.2) is 0 Å². The lowest BCUT2D eigenvalue weighted by Crippen LogP contribution is -2.18. The first kappa shape index (κ1) is 10.9. The van der Waals surface area contributed by atoms with Gasteiger partial charge in [0.25, 0.3) is 0 Å². The van der Waals surface area contributed by atoms with Crippen LogP contribution in [0.25, 0.3) is 0 Å². The summed E-state index contributed by atoms with van der Waals surface area (Å²) in [5.74, 6) is 0.689. The van der Waals surface area contributed by atoms with Gasteiger partial charge in [0.2, 0.25) is 0 Å². The minimum atomic E-state index is 0.689. The van der Waals surface area contributed by atoms with Crippen LogP contribution < -0.4 is 5.32 Å². The molecule has 0 fully saturated rings. The molecule has 0 saturated carbocycles. The molecule has 0 aliphatic rings. The lowest BCUT2D eigenvalue weighted by atomic mass is 10.1. The Hall–Kier alpha value is -0.0800. The van der Waals surface area contributed by atoms with Crippen molar-refractivity contribution in [3.63, 3.8) is 0 Å². The third kappa shape index (κ3) is 7.82. The van der Waals surface area contributed by atoms with Crippen molar-refractivity contribution in [2.24, 2.45) is 5.92 Å². The SMILES string of the molecule is CCNCCC(C)COCC. The number of hydrogen-bond acceptors (Lipinski definition) is 2. The number of ether oxygens (including phenoxy) is 1. The fraction of sp³-hybridized carbons (Fsp3) is 1.00. The van der Waals surface area contributed by atoms with Gasteiger partial charge in [0.05, 0.1) is 0 Å². The van der Waals surface area contributed by atoms with Gasteiger partial charge in [-0.05, 0) is 32.4 Å². The van der Waals surface area contributed by atoms with E-state index in [1.54, 1.807) is 0 Å². The van der Waals surface area contributed by atoms with Crippen LogP contribution in [0.4, 0.5) is 0 Å². The van der Waals surface area contributed by atoms with Gasteiger partial charge in [-0.15, -0.1) is 0 Å². The van der Waals surface area contributed by atoms with Crippen LogP contribution in [-0.2, 0) is 4.74 Å². The van der Waals surface area contributed by atoms with Crippen LogP contribution >= 0.6 is 0 Å². The first-order valence-corrected chi connectivity index (χ1v) is 4.59. The molecule has 1 unspecified atom stereocenters. The van der Waals surface area contributed by atoms with Crippen molar-refractivity contribution >= 4 is 0 Å². The zero-order chi connectivity index (χ0) is 8.53. The standard InChI is InChI=1S/C9H21NO/c1-4-10-7-6-9(3)8-11-5-2/h9-10H,4-8H2,1-3H3. The van der Waals surface area contributed by atoms with E-state index in [0.29, 0.717) is 5.92 Å². The molecule has 68 valence electrons. The minimum absolute atomic E-state index is 0.689. The van der Waals surface area contributed by atoms with Crippen molar-refractivity contribution in [3.05, 3.63) is 0 Å². The molecule has 11 heavy (non-hydrogen) atoms. The molecule has 0 aromatic rings. The van der Waals surface area contributed by atoms with Crippen molar-refractivity contribution in [1.29, 1.82) is 0 Å². The van der Waals surface area contributed by atoms with Gasteiger partial charge < -0.3 is 10.1 Å². The summed E-state index contributed by atoms with van der Waals surface area (Å²) in [5.41, 5.74) is 0. The molecule has 0 aliphatic carbocycles. The summed E-state index contributed by atoms with van der Waals surface area (Å²) >= 11 is 0. The van der Waals surface area contributed by atoms with E-state index in [2.05, 4.69) is 19.2 Å². The second-order valence-electron chi connectivity index (χ2n) is 2.91. The van der Waals surface area contributed by atoms with Crippen LogP contribution in [0.1, 0.15) is 27.2 Å². The Balaban J connectivity index is 3.02. The van der Waals surface area contributed by atoms with E-state index in [0.717, 1.165) is 26.3 Å². The highest BCUT2D eigenvalue weighted by Crippen LogP contribution is 2.00. The highest BCUT2D eigenvalue weighted by Gasteiger charge is 1.99. The van der Waals surface area contributed by atoms with Crippen molar-refractivity contribution in [2.75, 3.05) is 26.3 Å². The monoisotopic (exact) mass is 159 g/mol. The molecule has 0 spiro atoms. The van der Waals surface area contributed by atoms with E-state index >= 15 is 0 Å². The summed E-state index contributed by atoms with van der Waals surface area (Å²) in [6.45, 7) is 10.3. The van der Waals surface area contributed by atoms with Crippen LogP contribution in [0.3, 0.4) is 0 Å². The number of hydrogen-bond donors (Lipinski definition) is 1. The van der Waals surface area contributed by atoms with Gasteiger partial charge >= 0.3 is 0 Å². The van der Waals surface area contributed by atoms with Gasteiger partial charge in [0, 0.05) is 13.2 Å². The average Bonchev–Trinajstić information content (AvgIpc) is 2.01. The topological polar surface area (TPSA) is 21.3 Å². The molecule has 1 atom stereocenters. The maximum Gasteiger partial charge on any atom is 0.0491 e. The highest BCUT2D eigenvalue weighted by molar-refractivity contribution is 4.53. The number of nitrogens with one attached hydrogen (secondary N) is 1. The smallest absolute Gasteiger partial charge is 0.0491 e. The molecule has 0 aromatic heterocycles. The summed E-state index contributed by atoms with van der Waals surface area (Å²) in [6, 6.07) is 0. The van der Waals surface area contributed by atoms with Gasteiger partial charge in [-0.1, -0.05) is 13.8 Å². The zero-order valence-electron chi connectivity index (χ0n) is 8.02. The van der Waals surface area contributed by atoms with Crippen LogP contribution in [0, 0.1) is 5.92 Å². The Bertz CT molecular complexity index is 76.0. The maximum atomic E-state index is 5.30. The molecule has 0 heterocycles. The Morgan fingerprint density at radius 3 is 2.64 bits per heavy atom. The van der Waals surface area contributed by atoms with E-state index in [9.17, 15) is 0 Å². The van der Waals surface area contributed by atoms with Gasteiger partial charge in [-0.2, -0.15) is 0 Å². The molecule has 0 saturated heterocycles. The molecule has 0 rings (SSSR count). The molecule has 0 aromatic carbocycles. The summed E-state index contributed by atoms with van der Waals surface area (Å²) in [4.78, 5) is 0. The van der Waals surface area contributed by atoms with Gasteiger partial charge in [-0.3, -0.25) is 0 Å². The van der Waals surface area contributed by atoms with E-state index < -0.39 is 0 Å². The molecule has 2 heteroatoms. The summed E-state index contributed by atoms with van der Waals surface area (Å²) in [6.07, 6.45) is 1.22. The average molecular weight is 159 g/mol. The maximum absolute atomic E-state index is 5.30. The summed E-state index contributed by atoms with van der Waals surface area (Å²) in [5, 5.41) is 3.30.